The van der Waals surface area contributed by atoms with E-state index in [4.69, 9.17) is 9.47 Å². The fourth-order valence-corrected chi connectivity index (χ4v) is 2.68. The minimum atomic E-state index is -0.824. The molecule has 0 bridgehead atoms. The summed E-state index contributed by atoms with van der Waals surface area (Å²) in [7, 11) is 0.598. The first kappa shape index (κ1) is 15.5. The zero-order chi connectivity index (χ0) is 12.7. The van der Waals surface area contributed by atoms with Gasteiger partial charge in [-0.25, -0.2) is 4.79 Å². The van der Waals surface area contributed by atoms with Crippen LogP contribution in [0, 0.1) is 0 Å². The molecular weight excluding hydrogens is 222 g/mol. The predicted octanol–water partition coefficient (Wildman–Crippen LogP) is 0.973. The van der Waals surface area contributed by atoms with Crippen LogP contribution in [0.3, 0.4) is 0 Å². The van der Waals surface area contributed by atoms with E-state index in [9.17, 15) is 4.79 Å². The molecule has 0 N–H and O–H groups in total. The maximum Gasteiger partial charge on any atom is 0.237 e. The summed E-state index contributed by atoms with van der Waals surface area (Å²) in [5, 5.41) is -0.824. The molecule has 0 aromatic heterocycles. The second-order valence-electron chi connectivity index (χ2n) is 4.03. The second kappa shape index (κ2) is 6.96. The largest absolute Gasteiger partial charge is 0.371 e. The zero-order valence-electron chi connectivity index (χ0n) is 11.0. The van der Waals surface area contributed by atoms with Crippen LogP contribution in [0.1, 0.15) is 40.5 Å². The van der Waals surface area contributed by atoms with Crippen molar-refractivity contribution in [2.45, 2.75) is 51.5 Å². The Morgan fingerprint density at radius 3 is 2.19 bits per heavy atom. The van der Waals surface area contributed by atoms with Gasteiger partial charge in [-0.05, 0) is 27.2 Å². The van der Waals surface area contributed by atoms with E-state index in [2.05, 4.69) is 11.9 Å². The highest BCUT2D eigenvalue weighted by atomic mass is 28.1. The van der Waals surface area contributed by atoms with Crippen molar-refractivity contribution in [3.8, 4) is 0 Å². The van der Waals surface area contributed by atoms with Gasteiger partial charge in [0.1, 0.15) is 5.60 Å². The molecule has 0 radical (unpaired) electrons. The SMILES string of the molecule is CCCC(C)(OCC)C([SiH3])(N=C=O)OCC. The summed E-state index contributed by atoms with van der Waals surface area (Å²) in [6.45, 7) is 8.97. The molecule has 0 aliphatic carbocycles. The molecule has 0 aromatic rings. The number of hydrogen-bond donors (Lipinski definition) is 0. The molecule has 0 amide bonds. The average Bonchev–Trinajstić information content (AvgIpc) is 2.19. The molecule has 2 atom stereocenters. The van der Waals surface area contributed by atoms with Gasteiger partial charge in [0.2, 0.25) is 6.08 Å². The molecule has 0 aromatic carbocycles. The topological polar surface area (TPSA) is 47.9 Å². The minimum Gasteiger partial charge on any atom is -0.371 e. The number of nitrogens with zero attached hydrogens (tertiary/aromatic N) is 1. The summed E-state index contributed by atoms with van der Waals surface area (Å²) in [4.78, 5) is 14.4. The molecule has 0 aliphatic heterocycles. The summed E-state index contributed by atoms with van der Waals surface area (Å²) in [6.07, 6.45) is 3.40. The molecule has 16 heavy (non-hydrogen) atoms. The van der Waals surface area contributed by atoms with Crippen molar-refractivity contribution in [3.05, 3.63) is 0 Å². The number of carbonyl (C=O) groups excluding carboxylic acids is 1. The Balaban J connectivity index is 5.14. The molecule has 0 spiro atoms. The second-order valence-corrected chi connectivity index (χ2v) is 5.39. The van der Waals surface area contributed by atoms with E-state index >= 15 is 0 Å². The van der Waals surface area contributed by atoms with Crippen LogP contribution in [0.5, 0.6) is 0 Å². The monoisotopic (exact) mass is 245 g/mol. The highest BCUT2D eigenvalue weighted by Gasteiger charge is 2.45. The molecule has 0 heterocycles. The Kier molecular flexibility index (Phi) is 6.75. The number of isocyanates is 1. The molecule has 0 saturated heterocycles. The van der Waals surface area contributed by atoms with Crippen LogP contribution in [0.4, 0.5) is 0 Å². The summed E-state index contributed by atoms with van der Waals surface area (Å²) in [6, 6.07) is 0. The first-order valence-corrected chi connectivity index (χ1v) is 6.86. The van der Waals surface area contributed by atoms with Crippen molar-refractivity contribution < 1.29 is 14.3 Å². The van der Waals surface area contributed by atoms with Gasteiger partial charge in [0.05, 0.1) is 10.2 Å². The van der Waals surface area contributed by atoms with Gasteiger partial charge in [0, 0.05) is 13.2 Å². The average molecular weight is 245 g/mol. The van der Waals surface area contributed by atoms with Crippen molar-refractivity contribution in [2.75, 3.05) is 13.2 Å². The zero-order valence-corrected chi connectivity index (χ0v) is 13.0. The summed E-state index contributed by atoms with van der Waals surface area (Å²) < 4.78 is 11.4. The molecule has 94 valence electrons. The first-order chi connectivity index (χ1) is 7.49. The third-order valence-electron chi connectivity index (χ3n) is 2.86. The molecule has 0 rings (SSSR count). The normalized spacial score (nSPS) is 18.5. The first-order valence-electron chi connectivity index (χ1n) is 5.86. The fraction of sp³-hybridized carbons (Fsp3) is 0.909. The van der Waals surface area contributed by atoms with Gasteiger partial charge in [-0.15, -0.1) is 0 Å². The highest BCUT2D eigenvalue weighted by molar-refractivity contribution is 6.15. The van der Waals surface area contributed by atoms with Crippen LogP contribution < -0.4 is 0 Å². The molecule has 0 aliphatic rings. The fourth-order valence-electron chi connectivity index (χ4n) is 1.90. The molecule has 0 fully saturated rings. The van der Waals surface area contributed by atoms with Gasteiger partial charge in [-0.2, -0.15) is 4.99 Å². The number of aliphatic imine (C=N–C) groups is 1. The standard InChI is InChI=1S/C11H23NO3Si/c1-5-8-10(4,14-6-2)11(16,12-9-13)15-7-3/h5-8H2,1-4,16H3. The van der Waals surface area contributed by atoms with Crippen molar-refractivity contribution >= 4 is 16.3 Å². The van der Waals surface area contributed by atoms with E-state index in [-0.39, 0.29) is 0 Å². The van der Waals surface area contributed by atoms with Crippen molar-refractivity contribution in [3.63, 3.8) is 0 Å². The minimum absolute atomic E-state index is 0.515. The maximum absolute atomic E-state index is 10.5. The molecule has 2 unspecified atom stereocenters. The van der Waals surface area contributed by atoms with Crippen LogP contribution in [0.2, 0.25) is 0 Å². The van der Waals surface area contributed by atoms with Gasteiger partial charge < -0.3 is 9.47 Å². The Morgan fingerprint density at radius 2 is 1.81 bits per heavy atom. The Labute approximate surface area is 101 Å². The van der Waals surface area contributed by atoms with E-state index in [1.807, 2.05) is 20.8 Å². The lowest BCUT2D eigenvalue weighted by atomic mass is 9.97. The van der Waals surface area contributed by atoms with Gasteiger partial charge in [0.25, 0.3) is 0 Å². The van der Waals surface area contributed by atoms with Crippen molar-refractivity contribution in [1.29, 1.82) is 0 Å². The Morgan fingerprint density at radius 1 is 1.25 bits per heavy atom. The quantitative estimate of drug-likeness (QED) is 0.364. The third kappa shape index (κ3) is 3.52. The summed E-state index contributed by atoms with van der Waals surface area (Å²) in [5.74, 6) is 0. The molecule has 0 saturated carbocycles. The van der Waals surface area contributed by atoms with E-state index < -0.39 is 10.9 Å². The Bertz CT molecular complexity index is 248. The van der Waals surface area contributed by atoms with E-state index in [0.29, 0.717) is 23.5 Å². The van der Waals surface area contributed by atoms with Crippen LogP contribution >= 0.6 is 0 Å². The van der Waals surface area contributed by atoms with Gasteiger partial charge in [-0.3, -0.25) is 0 Å². The van der Waals surface area contributed by atoms with Crippen LogP contribution in [0.25, 0.3) is 0 Å². The molecular formula is C11H23NO3Si. The van der Waals surface area contributed by atoms with Crippen LogP contribution in [0.15, 0.2) is 4.99 Å². The summed E-state index contributed by atoms with van der Waals surface area (Å²) in [5.41, 5.74) is -0.532. The third-order valence-corrected chi connectivity index (χ3v) is 4.43. The number of ether oxygens (including phenoxy) is 2. The lowest BCUT2D eigenvalue weighted by Crippen LogP contribution is -2.55. The van der Waals surface area contributed by atoms with Gasteiger partial charge >= 0.3 is 0 Å². The number of rotatable bonds is 8. The highest BCUT2D eigenvalue weighted by Crippen LogP contribution is 2.32. The summed E-state index contributed by atoms with van der Waals surface area (Å²) >= 11 is 0. The smallest absolute Gasteiger partial charge is 0.237 e. The van der Waals surface area contributed by atoms with Crippen molar-refractivity contribution in [1.82, 2.24) is 0 Å². The van der Waals surface area contributed by atoms with E-state index in [1.165, 1.54) is 0 Å². The number of hydrogen-bond acceptors (Lipinski definition) is 4. The molecule has 5 heteroatoms. The Hall–Kier alpha value is -0.483. The van der Waals surface area contributed by atoms with Crippen LogP contribution in [-0.2, 0) is 14.3 Å². The van der Waals surface area contributed by atoms with Gasteiger partial charge in [-0.1, -0.05) is 13.3 Å². The lowest BCUT2D eigenvalue weighted by molar-refractivity contribution is -0.156. The molecule has 4 nitrogen and oxygen atoms in total. The van der Waals surface area contributed by atoms with Gasteiger partial charge in [0.15, 0.2) is 5.35 Å². The maximum atomic E-state index is 10.5. The lowest BCUT2D eigenvalue weighted by Gasteiger charge is -2.42. The van der Waals surface area contributed by atoms with Crippen LogP contribution in [-0.4, -0.2) is 40.5 Å². The van der Waals surface area contributed by atoms with E-state index in [0.717, 1.165) is 12.8 Å². The predicted molar refractivity (Wildman–Crippen MR) is 67.4 cm³/mol. The van der Waals surface area contributed by atoms with E-state index in [1.54, 1.807) is 6.08 Å². The van der Waals surface area contributed by atoms with Crippen molar-refractivity contribution in [2.24, 2.45) is 4.99 Å².